The Balaban J connectivity index is 1.53. The lowest BCUT2D eigenvalue weighted by molar-refractivity contribution is 0.192. The summed E-state index contributed by atoms with van der Waals surface area (Å²) in [7, 11) is 1.63. The predicted octanol–water partition coefficient (Wildman–Crippen LogP) is 3.34. The first-order chi connectivity index (χ1) is 11.7. The number of amides is 2. The number of methoxy groups -OCH3 is 1. The van der Waals surface area contributed by atoms with E-state index in [1.807, 2.05) is 30.0 Å². The number of nitrogens with zero attached hydrogens (tertiary/aromatic N) is 2. The highest BCUT2D eigenvalue weighted by atomic mass is 16.5. The Morgan fingerprint density at radius 2 is 2.04 bits per heavy atom. The molecule has 132 valence electrons. The third-order valence-corrected chi connectivity index (χ3v) is 5.14. The second-order valence-corrected chi connectivity index (χ2v) is 7.10. The zero-order chi connectivity index (χ0) is 16.9. The lowest BCUT2D eigenvalue weighted by Crippen LogP contribution is -2.37. The van der Waals surface area contributed by atoms with Gasteiger partial charge >= 0.3 is 6.03 Å². The highest BCUT2D eigenvalue weighted by Gasteiger charge is 2.28. The van der Waals surface area contributed by atoms with Crippen LogP contribution in [-0.4, -0.2) is 55.7 Å². The molecule has 0 aliphatic carbocycles. The average molecular weight is 331 g/mol. The van der Waals surface area contributed by atoms with Crippen molar-refractivity contribution in [2.75, 3.05) is 45.2 Å². The second-order valence-electron chi connectivity index (χ2n) is 7.10. The molecule has 2 aliphatic heterocycles. The second kappa shape index (κ2) is 7.88. The molecule has 1 aromatic carbocycles. The zero-order valence-corrected chi connectivity index (χ0v) is 14.9. The molecule has 0 spiro atoms. The molecule has 1 atom stereocenters. The van der Waals surface area contributed by atoms with Gasteiger partial charge in [0.05, 0.1) is 12.8 Å². The fourth-order valence-electron chi connectivity index (χ4n) is 3.77. The number of hydrogen-bond donors (Lipinski definition) is 1. The standard InChI is InChI=1S/C19H29N3O2/c1-15-6-7-17(18(12-15)24-2)20-19(23)22-11-8-16(14-22)13-21-9-4-3-5-10-21/h6-7,12,16H,3-5,8-11,13-14H2,1-2H3,(H,20,23)/t16-/m0/s1. The molecule has 2 amide bonds. The Morgan fingerprint density at radius 1 is 1.25 bits per heavy atom. The smallest absolute Gasteiger partial charge is 0.321 e. The number of ether oxygens (including phenoxy) is 1. The van der Waals surface area contributed by atoms with Crippen molar-refractivity contribution in [3.05, 3.63) is 23.8 Å². The number of urea groups is 1. The summed E-state index contributed by atoms with van der Waals surface area (Å²) >= 11 is 0. The van der Waals surface area contributed by atoms with Crippen LogP contribution in [0.4, 0.5) is 10.5 Å². The number of nitrogens with one attached hydrogen (secondary N) is 1. The first kappa shape index (κ1) is 17.1. The summed E-state index contributed by atoms with van der Waals surface area (Å²) in [5.74, 6) is 1.32. The highest BCUT2D eigenvalue weighted by Crippen LogP contribution is 2.27. The summed E-state index contributed by atoms with van der Waals surface area (Å²) in [5, 5.41) is 3.00. The summed E-state index contributed by atoms with van der Waals surface area (Å²) < 4.78 is 5.37. The molecular formula is C19H29N3O2. The molecule has 3 rings (SSSR count). The molecule has 2 aliphatic rings. The van der Waals surface area contributed by atoms with Crippen LogP contribution in [-0.2, 0) is 0 Å². The van der Waals surface area contributed by atoms with Gasteiger partial charge in [-0.2, -0.15) is 0 Å². The van der Waals surface area contributed by atoms with Gasteiger partial charge in [-0.05, 0) is 62.9 Å². The van der Waals surface area contributed by atoms with Crippen LogP contribution in [0.15, 0.2) is 18.2 Å². The van der Waals surface area contributed by atoms with E-state index in [4.69, 9.17) is 4.74 Å². The van der Waals surface area contributed by atoms with E-state index in [2.05, 4.69) is 10.2 Å². The van der Waals surface area contributed by atoms with Crippen LogP contribution in [0.1, 0.15) is 31.2 Å². The van der Waals surface area contributed by atoms with Crippen molar-refractivity contribution >= 4 is 11.7 Å². The number of rotatable bonds is 4. The van der Waals surface area contributed by atoms with Gasteiger partial charge in [-0.3, -0.25) is 0 Å². The highest BCUT2D eigenvalue weighted by molar-refractivity contribution is 5.91. The van der Waals surface area contributed by atoms with Gasteiger partial charge in [0.2, 0.25) is 0 Å². The van der Waals surface area contributed by atoms with Crippen LogP contribution in [0.2, 0.25) is 0 Å². The van der Waals surface area contributed by atoms with E-state index in [0.717, 1.165) is 37.3 Å². The minimum atomic E-state index is -0.0155. The molecule has 5 heteroatoms. The molecule has 24 heavy (non-hydrogen) atoms. The number of piperidine rings is 1. The fourth-order valence-corrected chi connectivity index (χ4v) is 3.77. The van der Waals surface area contributed by atoms with Gasteiger partial charge in [0.25, 0.3) is 0 Å². The van der Waals surface area contributed by atoms with Crippen LogP contribution in [0.25, 0.3) is 0 Å². The first-order valence-electron chi connectivity index (χ1n) is 9.08. The lowest BCUT2D eigenvalue weighted by atomic mass is 10.1. The normalized spacial score (nSPS) is 21.8. The van der Waals surface area contributed by atoms with Crippen LogP contribution in [0, 0.1) is 12.8 Å². The maximum Gasteiger partial charge on any atom is 0.321 e. The summed E-state index contributed by atoms with van der Waals surface area (Å²) in [6, 6.07) is 5.83. The monoisotopic (exact) mass is 331 g/mol. The Labute approximate surface area is 145 Å². The number of benzene rings is 1. The summed E-state index contributed by atoms with van der Waals surface area (Å²) in [5.41, 5.74) is 1.86. The Kier molecular flexibility index (Phi) is 5.61. The first-order valence-corrected chi connectivity index (χ1v) is 9.08. The van der Waals surface area contributed by atoms with Gasteiger partial charge in [0.15, 0.2) is 0 Å². The van der Waals surface area contributed by atoms with Crippen molar-refractivity contribution in [1.82, 2.24) is 9.80 Å². The van der Waals surface area contributed by atoms with E-state index in [1.54, 1.807) is 7.11 Å². The number of aryl methyl sites for hydroxylation is 1. The quantitative estimate of drug-likeness (QED) is 0.920. The van der Waals surface area contributed by atoms with Gasteiger partial charge in [-0.15, -0.1) is 0 Å². The van der Waals surface area contributed by atoms with Gasteiger partial charge in [-0.1, -0.05) is 12.5 Å². The van der Waals surface area contributed by atoms with Crippen LogP contribution < -0.4 is 10.1 Å². The Morgan fingerprint density at radius 3 is 2.79 bits per heavy atom. The molecule has 0 bridgehead atoms. The molecule has 0 radical (unpaired) electrons. The van der Waals surface area contributed by atoms with E-state index < -0.39 is 0 Å². The summed E-state index contributed by atoms with van der Waals surface area (Å²) in [6.07, 6.45) is 5.12. The van der Waals surface area contributed by atoms with Crippen LogP contribution in [0.3, 0.4) is 0 Å². The van der Waals surface area contributed by atoms with Crippen LogP contribution in [0.5, 0.6) is 5.75 Å². The predicted molar refractivity (Wildman–Crippen MR) is 96.7 cm³/mol. The van der Waals surface area contributed by atoms with Gasteiger partial charge in [0, 0.05) is 19.6 Å². The summed E-state index contributed by atoms with van der Waals surface area (Å²) in [6.45, 7) is 7.30. The van der Waals surface area contributed by atoms with Crippen molar-refractivity contribution in [3.8, 4) is 5.75 Å². The fraction of sp³-hybridized carbons (Fsp3) is 0.632. The van der Waals surface area contributed by atoms with E-state index in [9.17, 15) is 4.79 Å². The van der Waals surface area contributed by atoms with Crippen molar-refractivity contribution in [2.24, 2.45) is 5.92 Å². The van der Waals surface area contributed by atoms with E-state index in [1.165, 1.54) is 32.4 Å². The minimum absolute atomic E-state index is 0.0155. The van der Waals surface area contributed by atoms with Crippen LogP contribution >= 0.6 is 0 Å². The van der Waals surface area contributed by atoms with Gasteiger partial charge < -0.3 is 19.9 Å². The lowest BCUT2D eigenvalue weighted by Gasteiger charge is -2.29. The molecule has 2 heterocycles. The number of carbonyl (C=O) groups is 1. The number of carbonyl (C=O) groups excluding carboxylic acids is 1. The number of likely N-dealkylation sites (tertiary alicyclic amines) is 2. The zero-order valence-electron chi connectivity index (χ0n) is 14.9. The third-order valence-electron chi connectivity index (χ3n) is 5.14. The Hall–Kier alpha value is -1.75. The van der Waals surface area contributed by atoms with Crippen molar-refractivity contribution in [1.29, 1.82) is 0 Å². The molecule has 2 saturated heterocycles. The number of anilines is 1. The van der Waals surface area contributed by atoms with Gasteiger partial charge in [0.1, 0.15) is 5.75 Å². The molecular weight excluding hydrogens is 302 g/mol. The molecule has 0 aromatic heterocycles. The molecule has 5 nitrogen and oxygen atoms in total. The third kappa shape index (κ3) is 4.20. The van der Waals surface area contributed by atoms with Gasteiger partial charge in [-0.25, -0.2) is 4.79 Å². The average Bonchev–Trinajstić information content (AvgIpc) is 3.06. The Bertz CT molecular complexity index is 570. The van der Waals surface area contributed by atoms with E-state index in [-0.39, 0.29) is 6.03 Å². The van der Waals surface area contributed by atoms with Crippen molar-refractivity contribution in [2.45, 2.75) is 32.6 Å². The van der Waals surface area contributed by atoms with E-state index >= 15 is 0 Å². The largest absolute Gasteiger partial charge is 0.495 e. The molecule has 1 N–H and O–H groups in total. The summed E-state index contributed by atoms with van der Waals surface area (Å²) in [4.78, 5) is 17.1. The molecule has 2 fully saturated rings. The van der Waals surface area contributed by atoms with Crippen molar-refractivity contribution < 1.29 is 9.53 Å². The molecule has 1 aromatic rings. The maximum absolute atomic E-state index is 12.6. The topological polar surface area (TPSA) is 44.8 Å². The SMILES string of the molecule is COc1cc(C)ccc1NC(=O)N1CC[C@@H](CN2CCCCC2)C1. The maximum atomic E-state index is 12.6. The molecule has 0 unspecified atom stereocenters. The molecule has 0 saturated carbocycles. The number of hydrogen-bond acceptors (Lipinski definition) is 3. The van der Waals surface area contributed by atoms with E-state index in [0.29, 0.717) is 11.7 Å². The minimum Gasteiger partial charge on any atom is -0.495 e. The van der Waals surface area contributed by atoms with Crippen molar-refractivity contribution in [3.63, 3.8) is 0 Å².